The van der Waals surface area contributed by atoms with E-state index in [1.807, 2.05) is 6.92 Å². The molecule has 1 aromatic carbocycles. The first-order valence-electron chi connectivity index (χ1n) is 10.8. The van der Waals surface area contributed by atoms with Crippen LogP contribution in [0.2, 0.25) is 0 Å². The molecule has 1 aromatic heterocycles. The molecule has 0 bridgehead atoms. The van der Waals surface area contributed by atoms with Crippen molar-refractivity contribution in [2.24, 2.45) is 5.41 Å². The summed E-state index contributed by atoms with van der Waals surface area (Å²) in [6, 6.07) is -0.161. The molecule has 34 heavy (non-hydrogen) atoms. The summed E-state index contributed by atoms with van der Waals surface area (Å²) in [4.78, 5) is 30.9. The zero-order chi connectivity index (χ0) is 24.5. The summed E-state index contributed by atoms with van der Waals surface area (Å²) in [5.74, 6) is -1.70. The van der Waals surface area contributed by atoms with Crippen LogP contribution in [0.4, 0.5) is 14.9 Å². The summed E-state index contributed by atoms with van der Waals surface area (Å²) in [5, 5.41) is 32.5. The first-order valence-corrected chi connectivity index (χ1v) is 10.8. The monoisotopic (exact) mass is 474 g/mol. The molecule has 3 aliphatic rings. The smallest absolute Gasteiger partial charge is 0.323 e. The van der Waals surface area contributed by atoms with Gasteiger partial charge in [0.05, 0.1) is 29.6 Å². The van der Waals surface area contributed by atoms with Crippen LogP contribution in [0, 0.1) is 23.6 Å². The van der Waals surface area contributed by atoms with Crippen LogP contribution >= 0.6 is 0 Å². The Morgan fingerprint density at radius 1 is 1.41 bits per heavy atom. The second kappa shape index (κ2) is 7.50. The third kappa shape index (κ3) is 3.02. The minimum atomic E-state index is -1.58. The number of amides is 3. The van der Waals surface area contributed by atoms with Crippen molar-refractivity contribution < 1.29 is 33.3 Å². The lowest BCUT2D eigenvalue weighted by molar-refractivity contribution is -0.155. The number of rotatable bonds is 2. The highest BCUT2D eigenvalue weighted by atomic mass is 19.1. The Hall–Kier alpha value is -3.51. The Morgan fingerprint density at radius 2 is 2.15 bits per heavy atom. The van der Waals surface area contributed by atoms with Gasteiger partial charge in [0.15, 0.2) is 5.89 Å². The molecule has 2 fully saturated rings. The second-order valence-corrected chi connectivity index (χ2v) is 9.04. The van der Waals surface area contributed by atoms with Gasteiger partial charge in [-0.1, -0.05) is 0 Å². The van der Waals surface area contributed by atoms with E-state index in [1.165, 1.54) is 12.3 Å². The van der Waals surface area contributed by atoms with Crippen molar-refractivity contribution in [1.82, 2.24) is 15.6 Å². The van der Waals surface area contributed by atoms with Crippen molar-refractivity contribution >= 4 is 23.3 Å². The number of carbonyl (C=O) groups is 2. The third-order valence-corrected chi connectivity index (χ3v) is 6.85. The van der Waals surface area contributed by atoms with Crippen LogP contribution in [0.25, 0.3) is 0 Å². The van der Waals surface area contributed by atoms with Gasteiger partial charge < -0.3 is 29.6 Å². The normalized spacial score (nSPS) is 30.4. The average molecular weight is 474 g/mol. The minimum absolute atomic E-state index is 0.0257. The van der Waals surface area contributed by atoms with E-state index in [4.69, 9.17) is 19.7 Å². The Balaban J connectivity index is 1.71. The van der Waals surface area contributed by atoms with Crippen LogP contribution < -0.4 is 15.5 Å². The number of anilines is 1. The minimum Gasteiger partial charge on any atom is -0.591 e. The maximum absolute atomic E-state index is 15.8. The Kier molecular flexibility index (Phi) is 4.92. The molecule has 0 radical (unpaired) electrons. The van der Waals surface area contributed by atoms with Gasteiger partial charge in [0, 0.05) is 13.5 Å². The quantitative estimate of drug-likeness (QED) is 0.367. The van der Waals surface area contributed by atoms with Crippen LogP contribution in [0.1, 0.15) is 36.6 Å². The number of carbonyl (C=O) groups excluding carboxylic acids is 2. The molecule has 5 atom stereocenters. The van der Waals surface area contributed by atoms with E-state index >= 15 is 4.39 Å². The van der Waals surface area contributed by atoms with E-state index in [9.17, 15) is 14.7 Å². The fraction of sp³-hybridized carbons (Fsp3) is 0.455. The highest BCUT2D eigenvalue weighted by Crippen LogP contribution is 2.50. The zero-order valence-electron chi connectivity index (χ0n) is 18.7. The maximum atomic E-state index is 15.8. The maximum Gasteiger partial charge on any atom is 0.323 e. The zero-order valence-corrected chi connectivity index (χ0v) is 18.7. The van der Waals surface area contributed by atoms with Gasteiger partial charge in [0.1, 0.15) is 29.2 Å². The molecular formula is C22H25FN5O6+. The molecular weight excluding hydrogens is 449 g/mol. The number of halogens is 1. The number of aryl methyl sites for hydroxylation is 1. The van der Waals surface area contributed by atoms with E-state index in [2.05, 4.69) is 15.6 Å². The number of aromatic nitrogens is 1. The summed E-state index contributed by atoms with van der Waals surface area (Å²) in [7, 11) is 0. The summed E-state index contributed by atoms with van der Waals surface area (Å²) in [5.41, 5.74) is -1.21. The molecule has 2 saturated heterocycles. The predicted octanol–water partition coefficient (Wildman–Crippen LogP) is 0.659. The third-order valence-electron chi connectivity index (χ3n) is 6.85. The second-order valence-electron chi connectivity index (χ2n) is 9.04. The molecule has 6 N–H and O–H groups in total. The molecule has 4 heterocycles. The number of nitrogens with one attached hydrogen (secondary N) is 3. The van der Waals surface area contributed by atoms with E-state index in [0.717, 1.165) is 0 Å². The van der Waals surface area contributed by atoms with Crippen molar-refractivity contribution in [2.75, 3.05) is 11.4 Å². The van der Waals surface area contributed by atoms with Crippen molar-refractivity contribution in [3.05, 3.63) is 40.9 Å². The lowest BCUT2D eigenvalue weighted by atomic mass is 9.65. The molecule has 11 nitrogen and oxygen atoms in total. The first kappa shape index (κ1) is 22.3. The van der Waals surface area contributed by atoms with E-state index < -0.39 is 47.3 Å². The molecule has 12 heteroatoms. The Morgan fingerprint density at radius 3 is 2.79 bits per heavy atom. The first-order chi connectivity index (χ1) is 16.0. The molecule has 180 valence electrons. The molecule has 0 saturated carbocycles. The molecule has 3 aliphatic heterocycles. The van der Waals surface area contributed by atoms with Crippen LogP contribution in [0.5, 0.6) is 5.75 Å². The van der Waals surface area contributed by atoms with Crippen LogP contribution in [-0.4, -0.2) is 63.9 Å². The lowest BCUT2D eigenvalue weighted by Crippen LogP contribution is -2.76. The van der Waals surface area contributed by atoms with Crippen LogP contribution in [0.3, 0.4) is 0 Å². The van der Waals surface area contributed by atoms with Gasteiger partial charge in [-0.2, -0.15) is 4.39 Å². The topological polar surface area (TPSA) is 164 Å². The van der Waals surface area contributed by atoms with E-state index in [1.54, 1.807) is 18.7 Å². The number of aliphatic hydroxyl groups excluding tert-OH is 1. The van der Waals surface area contributed by atoms with Gasteiger partial charge in [-0.05, 0) is 31.9 Å². The lowest BCUT2D eigenvalue weighted by Gasteiger charge is -2.57. The number of morpholine rings is 1. The van der Waals surface area contributed by atoms with Gasteiger partial charge >= 0.3 is 11.8 Å². The van der Waals surface area contributed by atoms with Gasteiger partial charge in [-0.3, -0.25) is 15.5 Å². The predicted molar refractivity (Wildman–Crippen MR) is 117 cm³/mol. The SMILES string of the molecule is Cc1nc(C(=N)c2cc3c(c(F)c2[OH2+])N2C[C@@H](C)O[C@@H](C)[C@@H]2C2(C3)C(=O)NC(=O)NC2O)co1. The number of fused-ring (bicyclic) bond motifs is 4. The number of imide groups is 1. The summed E-state index contributed by atoms with van der Waals surface area (Å²) < 4.78 is 26.9. The number of hydrogen-bond donors (Lipinski definition) is 4. The van der Waals surface area contributed by atoms with Crippen molar-refractivity contribution in [1.29, 1.82) is 5.41 Å². The van der Waals surface area contributed by atoms with Crippen molar-refractivity contribution in [2.45, 2.75) is 51.7 Å². The summed E-state index contributed by atoms with van der Waals surface area (Å²) in [6.07, 6.45) is -1.37. The van der Waals surface area contributed by atoms with Gasteiger partial charge in [0.2, 0.25) is 11.7 Å². The largest absolute Gasteiger partial charge is 0.591 e. The fourth-order valence-corrected chi connectivity index (χ4v) is 5.53. The molecule has 2 aromatic rings. The highest BCUT2D eigenvalue weighted by molar-refractivity contribution is 6.11. The van der Waals surface area contributed by atoms with Gasteiger partial charge in [0.25, 0.3) is 0 Å². The standard InChI is InChI=1S/C22H24FN5O6/c1-8-6-28-16-11(4-12(17(29)14(16)23)15(24)13-7-33-10(3)25-13)5-22(18(28)9(2)34-8)19(30)26-21(32)27-20(22)31/h4,7-9,18-19,24,29-30H,5-6H2,1-3H3,(H2,26,27,31,32)/p+1/t8-,9+,18-,19?,22?/m1/s1. The number of oxazole rings is 1. The summed E-state index contributed by atoms with van der Waals surface area (Å²) in [6.45, 7) is 5.34. The number of urea groups is 1. The van der Waals surface area contributed by atoms with Gasteiger partial charge in [-0.15, -0.1) is 0 Å². The summed E-state index contributed by atoms with van der Waals surface area (Å²) >= 11 is 0. The van der Waals surface area contributed by atoms with E-state index in [0.29, 0.717) is 11.5 Å². The Bertz CT molecular complexity index is 1230. The fourth-order valence-electron chi connectivity index (χ4n) is 5.53. The Labute approximate surface area is 193 Å². The number of aliphatic hydroxyl groups is 1. The van der Waals surface area contributed by atoms with E-state index in [-0.39, 0.29) is 41.7 Å². The number of benzene rings is 1. The van der Waals surface area contributed by atoms with Gasteiger partial charge in [-0.25, -0.2) is 9.78 Å². The number of nitrogens with zero attached hydrogens (tertiary/aromatic N) is 2. The van der Waals surface area contributed by atoms with Crippen LogP contribution in [0.15, 0.2) is 16.7 Å². The molecule has 5 rings (SSSR count). The molecule has 0 aliphatic carbocycles. The molecule has 2 unspecified atom stereocenters. The number of ether oxygens (including phenoxy) is 1. The molecule has 1 spiro atoms. The molecule has 3 amide bonds. The van der Waals surface area contributed by atoms with Crippen molar-refractivity contribution in [3.8, 4) is 5.75 Å². The highest BCUT2D eigenvalue weighted by Gasteiger charge is 2.63. The number of hydrogen-bond acceptors (Lipinski definition) is 8. The van der Waals surface area contributed by atoms with Crippen LogP contribution in [-0.2, 0) is 16.0 Å². The van der Waals surface area contributed by atoms with Crippen molar-refractivity contribution in [3.63, 3.8) is 0 Å². The average Bonchev–Trinajstić information content (AvgIpc) is 3.19.